The van der Waals surface area contributed by atoms with E-state index in [-0.39, 0.29) is 5.66 Å². The second-order valence-corrected chi connectivity index (χ2v) is 20.8. The third kappa shape index (κ3) is 5.76. The number of hydrogen-bond donors (Lipinski definition) is 0. The fraction of sp³-hybridized carbons (Fsp3) is 0.0455. The van der Waals surface area contributed by atoms with Crippen LogP contribution in [-0.4, -0.2) is 11.6 Å². The number of hydrogen-bond acceptors (Lipinski definition) is 0. The van der Waals surface area contributed by atoms with Gasteiger partial charge in [-0.3, -0.25) is 0 Å². The van der Waals surface area contributed by atoms with E-state index in [9.17, 15) is 0 Å². The van der Waals surface area contributed by atoms with Crippen LogP contribution < -0.4 is 26.5 Å². The van der Waals surface area contributed by atoms with Crippen molar-refractivity contribution in [2.45, 2.75) is 5.66 Å². The van der Waals surface area contributed by atoms with Gasteiger partial charge in [-0.1, -0.05) is 0 Å². The van der Waals surface area contributed by atoms with Crippen molar-refractivity contribution < 1.29 is 0 Å². The summed E-state index contributed by atoms with van der Waals surface area (Å²) < 4.78 is 0. The second kappa shape index (κ2) is 13.8. The molecule has 0 fully saturated rings. The summed E-state index contributed by atoms with van der Waals surface area (Å²) >= 11 is 0. The van der Waals surface area contributed by atoms with Crippen molar-refractivity contribution in [3.8, 4) is 0 Å². The molecule has 2 heteroatoms. The first-order valence-corrected chi connectivity index (χ1v) is 20.7. The second-order valence-electron chi connectivity index (χ2n) is 12.2. The van der Waals surface area contributed by atoms with E-state index in [1.165, 1.54) is 37.7 Å². The fourth-order valence-electron chi connectivity index (χ4n) is 7.59. The maximum atomic E-state index is 2.52. The average molecular weight is 631 g/mol. The minimum atomic E-state index is -2.69. The zero-order valence-electron chi connectivity index (χ0n) is 26.0. The van der Waals surface area contributed by atoms with E-state index in [1.54, 1.807) is 0 Å². The molecule has 7 rings (SSSR count). The molecular weight excluding hydrogens is 590 g/mol. The Kier molecular flexibility index (Phi) is 9.03. The van der Waals surface area contributed by atoms with Gasteiger partial charge < -0.3 is 0 Å². The summed E-state index contributed by atoms with van der Waals surface area (Å²) in [7, 11) is -5.35. The Balaban J connectivity index is 1.60. The van der Waals surface area contributed by atoms with Crippen LogP contribution in [0.15, 0.2) is 212 Å². The monoisotopic (exact) mass is 630 g/mol. The van der Waals surface area contributed by atoms with Crippen molar-refractivity contribution in [3.63, 3.8) is 0 Å². The number of benzene rings is 6. The van der Waals surface area contributed by atoms with E-state index in [0.717, 1.165) is 5.90 Å². The molecule has 0 heterocycles. The minimum absolute atomic E-state index is 0.227. The van der Waals surface area contributed by atoms with Gasteiger partial charge in [-0.2, -0.15) is 0 Å². The fourth-order valence-corrected chi connectivity index (χ4v) is 23.0. The van der Waals surface area contributed by atoms with Crippen molar-refractivity contribution in [2.75, 3.05) is 5.90 Å². The number of allylic oxidation sites excluding steroid dienone is 5. The van der Waals surface area contributed by atoms with E-state index < -0.39 is 14.5 Å². The van der Waals surface area contributed by atoms with Gasteiger partial charge in [0.05, 0.1) is 0 Å². The molecule has 6 aromatic carbocycles. The van der Waals surface area contributed by atoms with Crippen LogP contribution in [0.3, 0.4) is 0 Å². The molecule has 6 aromatic rings. The van der Waals surface area contributed by atoms with Crippen LogP contribution in [0.4, 0.5) is 0 Å². The molecule has 0 bridgehead atoms. The number of rotatable bonds is 9. The van der Waals surface area contributed by atoms with Crippen LogP contribution in [0.25, 0.3) is 6.08 Å². The van der Waals surface area contributed by atoms with Crippen LogP contribution >= 0.6 is 14.5 Å². The molecule has 0 saturated heterocycles. The summed E-state index contributed by atoms with van der Waals surface area (Å²) in [6.07, 6.45) is 11.8. The SMILES string of the molecule is C1=CC(=Cc2ccccc2)C([PH](C[PH](c2ccccc2)(c2ccccc2)c2ccccc2)(c2ccccc2)c2ccccc2)C=C1. The van der Waals surface area contributed by atoms with Crippen molar-refractivity contribution in [1.29, 1.82) is 0 Å². The van der Waals surface area contributed by atoms with Crippen molar-refractivity contribution in [3.05, 3.63) is 217 Å². The predicted molar refractivity (Wildman–Crippen MR) is 208 cm³/mol. The summed E-state index contributed by atoms with van der Waals surface area (Å²) in [5.41, 5.74) is 2.85. The third-order valence-corrected chi connectivity index (χ3v) is 22.3. The third-order valence-electron chi connectivity index (χ3n) is 9.65. The van der Waals surface area contributed by atoms with Gasteiger partial charge in [0.1, 0.15) is 0 Å². The summed E-state index contributed by atoms with van der Waals surface area (Å²) in [5, 5.41) is 7.33. The molecule has 0 amide bonds. The van der Waals surface area contributed by atoms with Gasteiger partial charge in [0.2, 0.25) is 0 Å². The Morgan fingerprint density at radius 2 is 0.783 bits per heavy atom. The van der Waals surface area contributed by atoms with Gasteiger partial charge in [-0.25, -0.2) is 0 Å². The zero-order chi connectivity index (χ0) is 31.1. The molecule has 1 aliphatic rings. The van der Waals surface area contributed by atoms with Gasteiger partial charge in [0, 0.05) is 0 Å². The molecule has 1 aliphatic carbocycles. The first-order valence-electron chi connectivity index (χ1n) is 16.2. The van der Waals surface area contributed by atoms with Crippen molar-refractivity contribution in [1.82, 2.24) is 0 Å². The van der Waals surface area contributed by atoms with Crippen LogP contribution in [0.5, 0.6) is 0 Å². The first kappa shape index (κ1) is 30.1. The van der Waals surface area contributed by atoms with E-state index >= 15 is 0 Å². The summed E-state index contributed by atoms with van der Waals surface area (Å²) in [6, 6.07) is 68.2. The van der Waals surface area contributed by atoms with Crippen LogP contribution in [-0.2, 0) is 0 Å². The molecular formula is C44H40P2. The van der Waals surface area contributed by atoms with Crippen molar-refractivity contribution >= 4 is 47.1 Å². The van der Waals surface area contributed by atoms with E-state index in [0.29, 0.717) is 0 Å². The Bertz CT molecular complexity index is 1790. The van der Waals surface area contributed by atoms with E-state index in [2.05, 4.69) is 212 Å². The van der Waals surface area contributed by atoms with Gasteiger partial charge in [0.15, 0.2) is 0 Å². The molecule has 0 spiro atoms. The van der Waals surface area contributed by atoms with Gasteiger partial charge in [-0.15, -0.1) is 0 Å². The van der Waals surface area contributed by atoms with E-state index in [1.807, 2.05) is 0 Å². The molecule has 0 aromatic heterocycles. The predicted octanol–water partition coefficient (Wildman–Crippen LogP) is 8.65. The Morgan fingerprint density at radius 3 is 1.20 bits per heavy atom. The molecule has 1 atom stereocenters. The quantitative estimate of drug-likeness (QED) is 0.140. The average Bonchev–Trinajstić information content (AvgIpc) is 3.15. The maximum absolute atomic E-state index is 2.69. The van der Waals surface area contributed by atoms with Crippen LogP contribution in [0, 0.1) is 0 Å². The van der Waals surface area contributed by atoms with E-state index in [4.69, 9.17) is 0 Å². The summed E-state index contributed by atoms with van der Waals surface area (Å²) in [6.45, 7) is 0. The molecule has 0 radical (unpaired) electrons. The molecule has 46 heavy (non-hydrogen) atoms. The molecule has 0 nitrogen and oxygen atoms in total. The molecule has 0 N–H and O–H groups in total. The normalized spacial score (nSPS) is 16.3. The molecule has 0 saturated carbocycles. The standard InChI is InChI=1S/C44H40P2/c1-7-21-37(22-8-1)35-38-23-19-20-34-44(38)46(42-30-15-5-16-31-42,43-32-17-6-18-33-43)36-45(39-24-9-2-10-25-39,40-26-11-3-12-27-40)41-28-13-4-14-29-41/h1-35,44-46H,36H2. The Morgan fingerprint density at radius 1 is 0.413 bits per heavy atom. The van der Waals surface area contributed by atoms with Gasteiger partial charge >= 0.3 is 276 Å². The Hall–Kier alpha value is -4.60. The van der Waals surface area contributed by atoms with Crippen LogP contribution in [0.2, 0.25) is 0 Å². The van der Waals surface area contributed by atoms with Crippen LogP contribution in [0.1, 0.15) is 5.56 Å². The molecule has 0 aliphatic heterocycles. The first-order chi connectivity index (χ1) is 22.8. The van der Waals surface area contributed by atoms with Gasteiger partial charge in [0.25, 0.3) is 0 Å². The summed E-state index contributed by atoms with van der Waals surface area (Å²) in [5.74, 6) is 1.08. The Labute approximate surface area is 275 Å². The zero-order valence-corrected chi connectivity index (χ0v) is 28.0. The molecule has 226 valence electrons. The molecule has 1 unspecified atom stereocenters. The summed E-state index contributed by atoms with van der Waals surface area (Å²) in [4.78, 5) is 0. The van der Waals surface area contributed by atoms with Gasteiger partial charge in [-0.05, 0) is 0 Å². The van der Waals surface area contributed by atoms with Crippen molar-refractivity contribution in [2.24, 2.45) is 0 Å². The topological polar surface area (TPSA) is 0 Å².